The highest BCUT2D eigenvalue weighted by molar-refractivity contribution is 8.00. The number of rotatable bonds is 2. The first-order chi connectivity index (χ1) is 14.5. The monoisotopic (exact) mass is 423 g/mol. The molecule has 0 aromatic heterocycles. The fourth-order valence-electron chi connectivity index (χ4n) is 4.55. The molecule has 7 heteroatoms. The maximum atomic E-state index is 13.1. The van der Waals surface area contributed by atoms with E-state index in [0.29, 0.717) is 17.0 Å². The number of likely N-dealkylation sites (tertiary alicyclic amines) is 1. The lowest BCUT2D eigenvalue weighted by Gasteiger charge is -2.46. The van der Waals surface area contributed by atoms with Gasteiger partial charge in [-0.1, -0.05) is 18.2 Å². The molecule has 3 aliphatic rings. The third-order valence-electron chi connectivity index (χ3n) is 6.28. The Morgan fingerprint density at radius 2 is 2.03 bits per heavy atom. The van der Waals surface area contributed by atoms with Crippen LogP contribution in [0.3, 0.4) is 0 Å². The summed E-state index contributed by atoms with van der Waals surface area (Å²) in [5.41, 5.74) is 2.05. The molecule has 156 valence electrons. The molecule has 0 saturated carbocycles. The van der Waals surface area contributed by atoms with Gasteiger partial charge in [-0.15, -0.1) is 11.8 Å². The Morgan fingerprint density at radius 1 is 1.23 bits per heavy atom. The number of anilines is 1. The number of nitrogens with zero attached hydrogens (tertiary/aromatic N) is 1. The molecule has 1 atom stereocenters. The van der Waals surface area contributed by atoms with Gasteiger partial charge in [0, 0.05) is 35.5 Å². The molecule has 30 heavy (non-hydrogen) atoms. The molecule has 1 spiro atoms. The smallest absolute Gasteiger partial charge is 0.251 e. The maximum absolute atomic E-state index is 13.1. The van der Waals surface area contributed by atoms with E-state index in [2.05, 4.69) is 22.6 Å². The molecular weight excluding hydrogens is 398 g/mol. The summed E-state index contributed by atoms with van der Waals surface area (Å²) in [5.74, 6) is 1.11. The Labute approximate surface area is 180 Å². The van der Waals surface area contributed by atoms with Crippen molar-refractivity contribution >= 4 is 29.3 Å². The van der Waals surface area contributed by atoms with Gasteiger partial charge in [-0.3, -0.25) is 9.59 Å². The summed E-state index contributed by atoms with van der Waals surface area (Å²) in [6, 6.07) is 13.4. The van der Waals surface area contributed by atoms with E-state index in [4.69, 9.17) is 4.74 Å². The van der Waals surface area contributed by atoms with Crippen molar-refractivity contribution in [2.45, 2.75) is 35.8 Å². The van der Waals surface area contributed by atoms with Gasteiger partial charge in [-0.2, -0.15) is 0 Å². The summed E-state index contributed by atoms with van der Waals surface area (Å²) >= 11 is 1.49. The number of hydrogen-bond donors (Lipinski definition) is 2. The van der Waals surface area contributed by atoms with Gasteiger partial charge in [0.1, 0.15) is 11.4 Å². The van der Waals surface area contributed by atoms with Gasteiger partial charge in [0.15, 0.2) is 0 Å². The van der Waals surface area contributed by atoms with Gasteiger partial charge in [0.2, 0.25) is 5.91 Å². The molecule has 0 radical (unpaired) electrons. The van der Waals surface area contributed by atoms with Crippen LogP contribution in [0.25, 0.3) is 0 Å². The molecule has 5 rings (SSSR count). The third-order valence-corrected chi connectivity index (χ3v) is 7.35. The SMILES string of the molecule is CN1CCC2(CC1)C[C@@H](NC(=O)c1ccc3c(c1)NC(=O)CS3)c1ccccc1O2. The van der Waals surface area contributed by atoms with Gasteiger partial charge < -0.3 is 20.3 Å². The molecule has 2 amide bonds. The summed E-state index contributed by atoms with van der Waals surface area (Å²) in [7, 11) is 2.13. The van der Waals surface area contributed by atoms with E-state index >= 15 is 0 Å². The minimum Gasteiger partial charge on any atom is -0.487 e. The van der Waals surface area contributed by atoms with Crippen molar-refractivity contribution in [3.05, 3.63) is 53.6 Å². The summed E-state index contributed by atoms with van der Waals surface area (Å²) < 4.78 is 6.48. The zero-order valence-electron chi connectivity index (χ0n) is 16.9. The van der Waals surface area contributed by atoms with Gasteiger partial charge in [-0.05, 0) is 44.2 Å². The van der Waals surface area contributed by atoms with E-state index in [9.17, 15) is 9.59 Å². The molecule has 6 nitrogen and oxygen atoms in total. The fraction of sp³-hybridized carbons (Fsp3) is 0.391. The molecular formula is C23H25N3O3S. The maximum Gasteiger partial charge on any atom is 0.251 e. The number of piperidine rings is 1. The molecule has 0 unspecified atom stereocenters. The molecule has 2 aromatic carbocycles. The van der Waals surface area contributed by atoms with Crippen LogP contribution in [0, 0.1) is 0 Å². The number of carbonyl (C=O) groups is 2. The Balaban J connectivity index is 1.40. The number of fused-ring (bicyclic) bond motifs is 2. The summed E-state index contributed by atoms with van der Waals surface area (Å²) in [4.78, 5) is 28.2. The number of nitrogens with one attached hydrogen (secondary N) is 2. The predicted molar refractivity (Wildman–Crippen MR) is 117 cm³/mol. The van der Waals surface area contributed by atoms with Crippen LogP contribution in [-0.4, -0.2) is 48.2 Å². The van der Waals surface area contributed by atoms with Crippen LogP contribution in [0.1, 0.15) is 41.2 Å². The van der Waals surface area contributed by atoms with Gasteiger partial charge in [0.05, 0.1) is 17.5 Å². The van der Waals surface area contributed by atoms with Crippen molar-refractivity contribution < 1.29 is 14.3 Å². The van der Waals surface area contributed by atoms with Crippen molar-refractivity contribution in [1.29, 1.82) is 0 Å². The molecule has 0 aliphatic carbocycles. The van der Waals surface area contributed by atoms with Crippen LogP contribution in [0.2, 0.25) is 0 Å². The Bertz CT molecular complexity index is 1000. The topological polar surface area (TPSA) is 70.7 Å². The number of para-hydroxylation sites is 1. The second kappa shape index (κ2) is 7.63. The van der Waals surface area contributed by atoms with Crippen LogP contribution < -0.4 is 15.4 Å². The van der Waals surface area contributed by atoms with Crippen LogP contribution in [0.15, 0.2) is 47.4 Å². The highest BCUT2D eigenvalue weighted by atomic mass is 32.2. The minimum absolute atomic E-state index is 0.0346. The van der Waals surface area contributed by atoms with E-state index in [-0.39, 0.29) is 23.5 Å². The molecule has 1 saturated heterocycles. The standard InChI is InChI=1S/C23H25N3O3S/c1-26-10-8-23(9-11-26)13-18(16-4-2-3-5-19(16)29-23)25-22(28)15-6-7-20-17(12-15)24-21(27)14-30-20/h2-7,12,18H,8-11,13-14H2,1H3,(H,24,27)(H,25,28)/t18-/m1/s1. The minimum atomic E-state index is -0.237. The highest BCUT2D eigenvalue weighted by Gasteiger charge is 2.43. The number of amides is 2. The summed E-state index contributed by atoms with van der Waals surface area (Å²) in [6.45, 7) is 1.98. The first-order valence-corrected chi connectivity index (χ1v) is 11.3. The largest absolute Gasteiger partial charge is 0.487 e. The second-order valence-corrected chi connectivity index (χ2v) is 9.42. The normalized spacial score (nSPS) is 22.4. The zero-order valence-corrected chi connectivity index (χ0v) is 17.8. The van der Waals surface area contributed by atoms with E-state index < -0.39 is 0 Å². The lowest BCUT2D eigenvalue weighted by atomic mass is 9.80. The second-order valence-electron chi connectivity index (χ2n) is 8.40. The van der Waals surface area contributed by atoms with Crippen molar-refractivity contribution in [3.8, 4) is 5.75 Å². The number of ether oxygens (including phenoxy) is 1. The first-order valence-electron chi connectivity index (χ1n) is 10.4. The molecule has 2 N–H and O–H groups in total. The highest BCUT2D eigenvalue weighted by Crippen LogP contribution is 2.44. The van der Waals surface area contributed by atoms with Gasteiger partial charge >= 0.3 is 0 Å². The summed E-state index contributed by atoms with van der Waals surface area (Å²) in [5, 5.41) is 6.10. The Morgan fingerprint density at radius 3 is 2.87 bits per heavy atom. The van der Waals surface area contributed by atoms with E-state index in [0.717, 1.165) is 48.6 Å². The number of thioether (sulfide) groups is 1. The number of benzene rings is 2. The Kier molecular flexibility index (Phi) is 4.95. The van der Waals surface area contributed by atoms with Crippen molar-refractivity contribution in [1.82, 2.24) is 10.2 Å². The predicted octanol–water partition coefficient (Wildman–Crippen LogP) is 3.45. The van der Waals surface area contributed by atoms with Gasteiger partial charge in [-0.25, -0.2) is 0 Å². The average Bonchev–Trinajstić information content (AvgIpc) is 2.75. The van der Waals surface area contributed by atoms with E-state index in [1.807, 2.05) is 36.4 Å². The lowest BCUT2D eigenvalue weighted by Crippen LogP contribution is -2.51. The lowest BCUT2D eigenvalue weighted by molar-refractivity contribution is -0.113. The van der Waals surface area contributed by atoms with Crippen molar-refractivity contribution in [3.63, 3.8) is 0 Å². The van der Waals surface area contributed by atoms with Crippen LogP contribution in [0.5, 0.6) is 5.75 Å². The quantitative estimate of drug-likeness (QED) is 0.774. The third kappa shape index (κ3) is 3.68. The van der Waals surface area contributed by atoms with Crippen LogP contribution in [0.4, 0.5) is 5.69 Å². The molecule has 0 bridgehead atoms. The molecule has 3 aliphatic heterocycles. The van der Waals surface area contributed by atoms with E-state index in [1.165, 1.54) is 11.8 Å². The molecule has 3 heterocycles. The average molecular weight is 424 g/mol. The number of hydrogen-bond acceptors (Lipinski definition) is 5. The fourth-order valence-corrected chi connectivity index (χ4v) is 5.33. The molecule has 2 aromatic rings. The zero-order chi connectivity index (χ0) is 20.7. The van der Waals surface area contributed by atoms with Crippen molar-refractivity contribution in [2.75, 3.05) is 31.2 Å². The van der Waals surface area contributed by atoms with Crippen molar-refractivity contribution in [2.24, 2.45) is 0 Å². The van der Waals surface area contributed by atoms with Crippen LogP contribution in [-0.2, 0) is 4.79 Å². The first kappa shape index (κ1) is 19.5. The summed E-state index contributed by atoms with van der Waals surface area (Å²) in [6.07, 6.45) is 2.67. The number of carbonyl (C=O) groups excluding carboxylic acids is 2. The molecule has 1 fully saturated rings. The van der Waals surface area contributed by atoms with Gasteiger partial charge in [0.25, 0.3) is 5.91 Å². The Hall–Kier alpha value is -2.51. The van der Waals surface area contributed by atoms with Crippen LogP contribution >= 0.6 is 11.8 Å². The van der Waals surface area contributed by atoms with E-state index in [1.54, 1.807) is 6.07 Å².